The Morgan fingerprint density at radius 1 is 1.28 bits per heavy atom. The van der Waals surface area contributed by atoms with E-state index < -0.39 is 0 Å². The molecule has 0 atom stereocenters. The quantitative estimate of drug-likeness (QED) is 0.908. The molecule has 0 fully saturated rings. The van der Waals surface area contributed by atoms with Crippen molar-refractivity contribution in [1.29, 1.82) is 0 Å². The number of aromatic amines is 1. The maximum atomic E-state index is 12.3. The first-order valence-electron chi connectivity index (χ1n) is 5.54. The van der Waals surface area contributed by atoms with Crippen molar-refractivity contribution in [3.05, 3.63) is 52.3 Å². The second kappa shape index (κ2) is 5.46. The number of anilines is 1. The Labute approximate surface area is 115 Å². The third-order valence-electron chi connectivity index (χ3n) is 2.58. The molecular weight excluding hydrogens is 271 g/mol. The van der Waals surface area contributed by atoms with Crippen LogP contribution in [0, 0.1) is 0 Å². The van der Waals surface area contributed by atoms with E-state index >= 15 is 0 Å². The predicted molar refractivity (Wildman–Crippen MR) is 74.6 cm³/mol. The molecule has 0 aliphatic heterocycles. The molecule has 0 saturated heterocycles. The molecule has 1 heterocycles. The van der Waals surface area contributed by atoms with Gasteiger partial charge in [-0.15, -0.1) is 0 Å². The molecular formula is C13H12Cl2N2O. The van der Waals surface area contributed by atoms with Crippen molar-refractivity contribution in [2.75, 3.05) is 11.4 Å². The minimum atomic E-state index is -0.155. The molecule has 2 aromatic rings. The molecule has 3 nitrogen and oxygen atoms in total. The largest absolute Gasteiger partial charge is 0.340 e. The van der Waals surface area contributed by atoms with E-state index in [0.29, 0.717) is 17.3 Å². The van der Waals surface area contributed by atoms with Crippen LogP contribution in [0.3, 0.4) is 0 Å². The lowest BCUT2D eigenvalue weighted by Gasteiger charge is -2.20. The normalized spacial score (nSPS) is 10.4. The monoisotopic (exact) mass is 282 g/mol. The molecule has 94 valence electrons. The molecule has 5 heteroatoms. The molecule has 0 aliphatic rings. The third-order valence-corrected chi connectivity index (χ3v) is 3.28. The summed E-state index contributed by atoms with van der Waals surface area (Å²) in [6.07, 6.45) is 0. The van der Waals surface area contributed by atoms with Crippen molar-refractivity contribution in [1.82, 2.24) is 4.98 Å². The Balaban J connectivity index is 2.31. The number of nitrogens with zero attached hydrogens (tertiary/aromatic N) is 1. The molecule has 1 amide bonds. The van der Waals surface area contributed by atoms with Crippen LogP contribution in [0.2, 0.25) is 10.2 Å². The molecule has 0 spiro atoms. The van der Waals surface area contributed by atoms with Gasteiger partial charge in [-0.05, 0) is 25.1 Å². The number of carbonyl (C=O) groups is 1. The number of H-pyrrole nitrogens is 1. The summed E-state index contributed by atoms with van der Waals surface area (Å²) in [6.45, 7) is 2.48. The Morgan fingerprint density at radius 2 is 1.94 bits per heavy atom. The van der Waals surface area contributed by atoms with Crippen molar-refractivity contribution >= 4 is 34.8 Å². The van der Waals surface area contributed by atoms with Gasteiger partial charge in [0.2, 0.25) is 0 Å². The van der Waals surface area contributed by atoms with Gasteiger partial charge in [-0.25, -0.2) is 0 Å². The summed E-state index contributed by atoms with van der Waals surface area (Å²) in [4.78, 5) is 16.7. The average Bonchev–Trinajstić information content (AvgIpc) is 2.72. The van der Waals surface area contributed by atoms with Crippen LogP contribution in [0.15, 0.2) is 36.4 Å². The van der Waals surface area contributed by atoms with E-state index in [2.05, 4.69) is 4.98 Å². The standard InChI is InChI=1S/C13H12Cl2N2O/c1-2-17(9-6-4-3-5-7-9)13(18)11-8-10(14)12(15)16-11/h3-8,16H,2H2,1H3. The van der Waals surface area contributed by atoms with Crippen LogP contribution in [0.25, 0.3) is 0 Å². The summed E-state index contributed by atoms with van der Waals surface area (Å²) in [5.74, 6) is -0.155. The first kappa shape index (κ1) is 13.0. The number of aromatic nitrogens is 1. The van der Waals surface area contributed by atoms with Gasteiger partial charge in [-0.1, -0.05) is 41.4 Å². The van der Waals surface area contributed by atoms with Gasteiger partial charge in [0.1, 0.15) is 10.8 Å². The van der Waals surface area contributed by atoms with Gasteiger partial charge in [0, 0.05) is 12.2 Å². The Bertz CT molecular complexity index is 532. The van der Waals surface area contributed by atoms with Gasteiger partial charge in [0.25, 0.3) is 5.91 Å². The number of amides is 1. The summed E-state index contributed by atoms with van der Waals surface area (Å²) in [6, 6.07) is 11.0. The van der Waals surface area contributed by atoms with Crippen LogP contribution in [0.1, 0.15) is 17.4 Å². The lowest BCUT2D eigenvalue weighted by molar-refractivity contribution is 0.0984. The van der Waals surface area contributed by atoms with Crippen molar-refractivity contribution in [3.63, 3.8) is 0 Å². The van der Waals surface area contributed by atoms with E-state index in [1.54, 1.807) is 4.90 Å². The fourth-order valence-electron chi connectivity index (χ4n) is 1.72. The number of carbonyl (C=O) groups excluding carboxylic acids is 1. The fourth-order valence-corrected chi connectivity index (χ4v) is 2.03. The van der Waals surface area contributed by atoms with E-state index in [-0.39, 0.29) is 11.1 Å². The first-order chi connectivity index (χ1) is 8.63. The van der Waals surface area contributed by atoms with Crippen molar-refractivity contribution in [2.24, 2.45) is 0 Å². The highest BCUT2D eigenvalue weighted by atomic mass is 35.5. The zero-order chi connectivity index (χ0) is 13.1. The lowest BCUT2D eigenvalue weighted by Crippen LogP contribution is -2.30. The summed E-state index contributed by atoms with van der Waals surface area (Å²) in [5, 5.41) is 0.633. The lowest BCUT2D eigenvalue weighted by atomic mass is 10.2. The van der Waals surface area contributed by atoms with Crippen LogP contribution in [0.4, 0.5) is 5.69 Å². The molecule has 0 saturated carbocycles. The van der Waals surface area contributed by atoms with E-state index in [1.807, 2.05) is 37.3 Å². The number of para-hydroxylation sites is 1. The second-order valence-electron chi connectivity index (χ2n) is 3.73. The average molecular weight is 283 g/mol. The zero-order valence-corrected chi connectivity index (χ0v) is 11.3. The molecule has 1 aromatic heterocycles. The van der Waals surface area contributed by atoms with Crippen molar-refractivity contribution < 1.29 is 4.79 Å². The maximum Gasteiger partial charge on any atom is 0.274 e. The smallest absolute Gasteiger partial charge is 0.274 e. The van der Waals surface area contributed by atoms with Crippen molar-refractivity contribution in [2.45, 2.75) is 6.92 Å². The van der Waals surface area contributed by atoms with Gasteiger partial charge < -0.3 is 9.88 Å². The molecule has 1 N–H and O–H groups in total. The van der Waals surface area contributed by atoms with Gasteiger partial charge in [-0.2, -0.15) is 0 Å². The molecule has 2 rings (SSSR count). The second-order valence-corrected chi connectivity index (χ2v) is 4.52. The molecule has 0 unspecified atom stereocenters. The minimum Gasteiger partial charge on any atom is -0.340 e. The van der Waals surface area contributed by atoms with E-state index in [1.165, 1.54) is 6.07 Å². The summed E-state index contributed by atoms with van der Waals surface area (Å²) in [5.41, 5.74) is 1.22. The Morgan fingerprint density at radius 3 is 2.44 bits per heavy atom. The Kier molecular flexibility index (Phi) is 3.94. The van der Waals surface area contributed by atoms with Gasteiger partial charge in [0.05, 0.1) is 5.02 Å². The number of halogens is 2. The number of benzene rings is 1. The summed E-state index contributed by atoms with van der Waals surface area (Å²) < 4.78 is 0. The van der Waals surface area contributed by atoms with E-state index in [4.69, 9.17) is 23.2 Å². The minimum absolute atomic E-state index is 0.155. The number of rotatable bonds is 3. The highest BCUT2D eigenvalue weighted by molar-refractivity contribution is 6.41. The molecule has 0 radical (unpaired) electrons. The van der Waals surface area contributed by atoms with E-state index in [0.717, 1.165) is 5.69 Å². The number of nitrogens with one attached hydrogen (secondary N) is 1. The topological polar surface area (TPSA) is 36.1 Å². The highest BCUT2D eigenvalue weighted by Crippen LogP contribution is 2.24. The third kappa shape index (κ3) is 2.52. The van der Waals surface area contributed by atoms with Crippen LogP contribution in [0.5, 0.6) is 0 Å². The number of hydrogen-bond donors (Lipinski definition) is 1. The number of hydrogen-bond acceptors (Lipinski definition) is 1. The SMILES string of the molecule is CCN(C(=O)c1cc(Cl)c(Cl)[nH]1)c1ccccc1. The van der Waals surface area contributed by atoms with Crippen molar-refractivity contribution in [3.8, 4) is 0 Å². The molecule has 0 aliphatic carbocycles. The van der Waals surface area contributed by atoms with Crippen LogP contribution in [-0.2, 0) is 0 Å². The molecule has 18 heavy (non-hydrogen) atoms. The van der Waals surface area contributed by atoms with Gasteiger partial charge in [0.15, 0.2) is 0 Å². The highest BCUT2D eigenvalue weighted by Gasteiger charge is 2.18. The molecule has 1 aromatic carbocycles. The maximum absolute atomic E-state index is 12.3. The Hall–Kier alpha value is -1.45. The first-order valence-corrected chi connectivity index (χ1v) is 6.30. The van der Waals surface area contributed by atoms with Gasteiger partial charge >= 0.3 is 0 Å². The zero-order valence-electron chi connectivity index (χ0n) is 9.78. The van der Waals surface area contributed by atoms with E-state index in [9.17, 15) is 4.79 Å². The molecule has 0 bridgehead atoms. The summed E-state index contributed by atoms with van der Waals surface area (Å²) >= 11 is 11.6. The van der Waals surface area contributed by atoms with Crippen LogP contribution < -0.4 is 4.90 Å². The van der Waals surface area contributed by atoms with Crippen LogP contribution >= 0.6 is 23.2 Å². The predicted octanol–water partition coefficient (Wildman–Crippen LogP) is 3.99. The summed E-state index contributed by atoms with van der Waals surface area (Å²) in [7, 11) is 0. The fraction of sp³-hybridized carbons (Fsp3) is 0.154. The van der Waals surface area contributed by atoms with Gasteiger partial charge in [-0.3, -0.25) is 4.79 Å². The van der Waals surface area contributed by atoms with Crippen LogP contribution in [-0.4, -0.2) is 17.4 Å².